The summed E-state index contributed by atoms with van der Waals surface area (Å²) >= 11 is 0.918. The van der Waals surface area contributed by atoms with Crippen LogP contribution in [0.4, 0.5) is 11.4 Å². The minimum Gasteiger partial charge on any atom is -0.391 e. The summed E-state index contributed by atoms with van der Waals surface area (Å²) in [6, 6.07) is 21.3. The number of hydrogen-bond acceptors (Lipinski definition) is 9. The van der Waals surface area contributed by atoms with Crippen molar-refractivity contribution >= 4 is 47.1 Å². The Kier molecular flexibility index (Phi) is 13.8. The molecule has 0 saturated carbocycles. The van der Waals surface area contributed by atoms with Gasteiger partial charge < -0.3 is 20.0 Å². The summed E-state index contributed by atoms with van der Waals surface area (Å²) in [6.07, 6.45) is 7.21. The molecule has 13 heteroatoms. The lowest BCUT2D eigenvalue weighted by Gasteiger charge is -2.29. The van der Waals surface area contributed by atoms with E-state index in [9.17, 15) is 40.0 Å². The van der Waals surface area contributed by atoms with Gasteiger partial charge in [-0.15, -0.1) is 0 Å². The lowest BCUT2D eigenvalue weighted by Crippen LogP contribution is -2.41. The van der Waals surface area contributed by atoms with E-state index in [1.807, 2.05) is 64.1 Å². The third-order valence-corrected chi connectivity index (χ3v) is 12.0. The first kappa shape index (κ1) is 43.0. The zero-order chi connectivity index (χ0) is 42.4. The minimum absolute atomic E-state index is 0.0208. The number of carbonyl (C=O) groups excluding carboxylic acids is 2. The van der Waals surface area contributed by atoms with E-state index in [-0.39, 0.29) is 69.0 Å². The molecule has 308 valence electrons. The SMILES string of the molecule is CC(C)c1ccccc1-c1c(C=CC(=O)N2CCCC(O)C2)ccc(Sc2ccc(C=CC(=O)N3CCCC(O)C3)c(-c3ccccc3C(C)C)c2[N+](=O)[O-])c1[N+](=O)[O-]. The summed E-state index contributed by atoms with van der Waals surface area (Å²) in [6.45, 7) is 9.36. The number of amides is 2. The van der Waals surface area contributed by atoms with Crippen molar-refractivity contribution in [3.8, 4) is 22.3 Å². The van der Waals surface area contributed by atoms with Gasteiger partial charge in [0, 0.05) is 38.3 Å². The molecule has 4 aromatic carbocycles. The molecule has 2 aliphatic heterocycles. The Morgan fingerprint density at radius 2 is 1.05 bits per heavy atom. The zero-order valence-corrected chi connectivity index (χ0v) is 34.6. The smallest absolute Gasteiger partial charge is 0.291 e. The number of carbonyl (C=O) groups is 2. The number of likely N-dealkylation sites (tertiary alicyclic amines) is 2. The highest BCUT2D eigenvalue weighted by Crippen LogP contribution is 2.50. The Morgan fingerprint density at radius 1 is 0.661 bits per heavy atom. The van der Waals surface area contributed by atoms with Gasteiger partial charge in [0.1, 0.15) is 0 Å². The summed E-state index contributed by atoms with van der Waals surface area (Å²) in [7, 11) is 0. The topological polar surface area (TPSA) is 167 Å². The molecule has 12 nitrogen and oxygen atoms in total. The maximum atomic E-state index is 13.3. The molecule has 0 aliphatic carbocycles. The van der Waals surface area contributed by atoms with Crippen molar-refractivity contribution in [1.29, 1.82) is 0 Å². The van der Waals surface area contributed by atoms with Gasteiger partial charge in [0.05, 0.1) is 43.0 Å². The Hall–Kier alpha value is -5.63. The average Bonchev–Trinajstić information content (AvgIpc) is 3.21. The minimum atomic E-state index is -0.613. The van der Waals surface area contributed by atoms with E-state index in [2.05, 4.69) is 0 Å². The molecule has 2 heterocycles. The lowest BCUT2D eigenvalue weighted by atomic mass is 9.89. The van der Waals surface area contributed by atoms with Gasteiger partial charge in [0.2, 0.25) is 11.8 Å². The largest absolute Gasteiger partial charge is 0.391 e. The first-order valence-corrected chi connectivity index (χ1v) is 20.9. The predicted molar refractivity (Wildman–Crippen MR) is 231 cm³/mol. The molecule has 0 radical (unpaired) electrons. The molecule has 4 aromatic rings. The number of benzene rings is 4. The first-order chi connectivity index (χ1) is 28.2. The maximum Gasteiger partial charge on any atom is 0.291 e. The highest BCUT2D eigenvalue weighted by molar-refractivity contribution is 7.99. The molecule has 59 heavy (non-hydrogen) atoms. The molecule has 2 fully saturated rings. The van der Waals surface area contributed by atoms with Crippen molar-refractivity contribution in [1.82, 2.24) is 9.80 Å². The van der Waals surface area contributed by atoms with Gasteiger partial charge in [-0.3, -0.25) is 29.8 Å². The normalized spacial score (nSPS) is 17.4. The fourth-order valence-corrected chi connectivity index (χ4v) is 9.02. The number of β-amino-alcohol motifs (C(OH)–C–C–N with tert-alkyl or cyclic N) is 2. The Balaban J connectivity index is 1.52. The van der Waals surface area contributed by atoms with Crippen LogP contribution < -0.4 is 0 Å². The summed E-state index contributed by atoms with van der Waals surface area (Å²) in [4.78, 5) is 55.7. The van der Waals surface area contributed by atoms with Crippen LogP contribution in [0.5, 0.6) is 0 Å². The van der Waals surface area contributed by atoms with E-state index in [4.69, 9.17) is 0 Å². The monoisotopic (exact) mass is 818 g/mol. The van der Waals surface area contributed by atoms with Gasteiger partial charge in [-0.1, -0.05) is 100 Å². The maximum absolute atomic E-state index is 13.3. The van der Waals surface area contributed by atoms with E-state index >= 15 is 0 Å². The van der Waals surface area contributed by atoms with Gasteiger partial charge in [0.25, 0.3) is 11.4 Å². The number of piperidine rings is 2. The van der Waals surface area contributed by atoms with E-state index < -0.39 is 22.1 Å². The highest BCUT2D eigenvalue weighted by Gasteiger charge is 2.32. The van der Waals surface area contributed by atoms with Crippen LogP contribution in [0.25, 0.3) is 34.4 Å². The number of nitrogens with zero attached hydrogens (tertiary/aromatic N) is 4. The number of hydrogen-bond donors (Lipinski definition) is 2. The van der Waals surface area contributed by atoms with Crippen LogP contribution in [0.2, 0.25) is 0 Å². The Labute approximate surface area is 348 Å². The van der Waals surface area contributed by atoms with Crippen LogP contribution in [-0.2, 0) is 9.59 Å². The summed E-state index contributed by atoms with van der Waals surface area (Å²) in [5.74, 6) is -0.677. The first-order valence-electron chi connectivity index (χ1n) is 20.0. The number of nitro benzene ring substituents is 2. The Bertz CT molecular complexity index is 2150. The number of aliphatic hydroxyl groups excluding tert-OH is 2. The zero-order valence-electron chi connectivity index (χ0n) is 33.7. The van der Waals surface area contributed by atoms with E-state index in [0.29, 0.717) is 61.0 Å². The average molecular weight is 819 g/mol. The molecule has 2 aliphatic rings. The standard InChI is InChI=1S/C46H50N4O8S/c1-29(2)35-13-5-7-15-37(35)43-31(19-23-41(53)47-25-9-11-33(51)27-47)17-21-39(45(43)49(55)56)59-40-22-18-32(20-24-42(54)48-26-10-12-34(52)28-48)44(46(40)50(57)58)38-16-8-6-14-36(38)30(3)4/h5-8,13-24,29-30,33-34,51-52H,9-12,25-28H2,1-4H3. The number of aliphatic hydroxyl groups is 2. The molecule has 2 unspecified atom stereocenters. The summed E-state index contributed by atoms with van der Waals surface area (Å²) in [5.41, 5.74) is 3.78. The van der Waals surface area contributed by atoms with Gasteiger partial charge in [0.15, 0.2) is 0 Å². The lowest BCUT2D eigenvalue weighted by molar-refractivity contribution is -0.387. The van der Waals surface area contributed by atoms with E-state index in [1.54, 1.807) is 58.4 Å². The quantitative estimate of drug-likeness (QED) is 0.0805. The van der Waals surface area contributed by atoms with Crippen LogP contribution in [0.15, 0.2) is 94.7 Å². The van der Waals surface area contributed by atoms with Crippen molar-refractivity contribution in [2.75, 3.05) is 26.2 Å². The fourth-order valence-electron chi connectivity index (χ4n) is 7.96. The predicted octanol–water partition coefficient (Wildman–Crippen LogP) is 9.23. The van der Waals surface area contributed by atoms with Gasteiger partial charge >= 0.3 is 0 Å². The molecule has 2 amide bonds. The third kappa shape index (κ3) is 9.81. The van der Waals surface area contributed by atoms with Crippen molar-refractivity contribution in [2.24, 2.45) is 0 Å². The second kappa shape index (κ2) is 19.0. The number of rotatable bonds is 12. The van der Waals surface area contributed by atoms with E-state index in [1.165, 1.54) is 12.2 Å². The van der Waals surface area contributed by atoms with Crippen molar-refractivity contribution in [3.63, 3.8) is 0 Å². The fraction of sp³-hybridized carbons (Fsp3) is 0.348. The van der Waals surface area contributed by atoms with Crippen LogP contribution in [0, 0.1) is 20.2 Å². The van der Waals surface area contributed by atoms with Crippen LogP contribution in [0.1, 0.15) is 87.5 Å². The van der Waals surface area contributed by atoms with E-state index in [0.717, 1.165) is 22.9 Å². The van der Waals surface area contributed by atoms with Crippen molar-refractivity contribution < 1.29 is 29.6 Å². The molecule has 2 saturated heterocycles. The summed E-state index contributed by atoms with van der Waals surface area (Å²) < 4.78 is 0. The third-order valence-electron chi connectivity index (χ3n) is 10.9. The van der Waals surface area contributed by atoms with Gasteiger partial charge in [-0.25, -0.2) is 0 Å². The molecular formula is C46H50N4O8S. The van der Waals surface area contributed by atoms with Crippen LogP contribution in [-0.4, -0.2) is 80.1 Å². The van der Waals surface area contributed by atoms with Crippen molar-refractivity contribution in [2.45, 2.75) is 87.2 Å². The number of nitro groups is 2. The summed E-state index contributed by atoms with van der Waals surface area (Å²) in [5, 5.41) is 47.0. The van der Waals surface area contributed by atoms with Crippen molar-refractivity contribution in [3.05, 3.63) is 127 Å². The van der Waals surface area contributed by atoms with Gasteiger partial charge in [-0.05, 0) is 95.2 Å². The molecule has 6 rings (SSSR count). The molecule has 2 atom stereocenters. The molecule has 2 N–H and O–H groups in total. The highest BCUT2D eigenvalue weighted by atomic mass is 32.2. The molecular weight excluding hydrogens is 769 g/mol. The molecule has 0 aromatic heterocycles. The Morgan fingerprint density at radius 3 is 1.41 bits per heavy atom. The van der Waals surface area contributed by atoms with Crippen LogP contribution >= 0.6 is 11.8 Å². The van der Waals surface area contributed by atoms with Crippen LogP contribution in [0.3, 0.4) is 0 Å². The second-order valence-electron chi connectivity index (χ2n) is 15.7. The molecule has 0 bridgehead atoms. The second-order valence-corrected chi connectivity index (χ2v) is 16.8. The van der Waals surface area contributed by atoms with Gasteiger partial charge in [-0.2, -0.15) is 0 Å². The molecule has 0 spiro atoms.